The number of anilines is 1. The summed E-state index contributed by atoms with van der Waals surface area (Å²) in [7, 11) is 0. The number of aromatic nitrogens is 2. The van der Waals surface area contributed by atoms with Gasteiger partial charge in [0.1, 0.15) is 11.4 Å². The number of rotatable bonds is 7. The third-order valence-corrected chi connectivity index (χ3v) is 5.23. The van der Waals surface area contributed by atoms with Crippen LogP contribution in [0.5, 0.6) is 5.75 Å². The van der Waals surface area contributed by atoms with Gasteiger partial charge in [-0.3, -0.25) is 9.89 Å². The van der Waals surface area contributed by atoms with Crippen LogP contribution in [0.2, 0.25) is 0 Å². The van der Waals surface area contributed by atoms with E-state index in [0.717, 1.165) is 24.3 Å². The van der Waals surface area contributed by atoms with Gasteiger partial charge in [-0.05, 0) is 42.8 Å². The van der Waals surface area contributed by atoms with E-state index in [9.17, 15) is 13.6 Å². The topological polar surface area (TPSA) is 79.5 Å². The summed E-state index contributed by atoms with van der Waals surface area (Å²) in [5.74, 6) is -0.213. The number of hydrogen-bond donors (Lipinski definition) is 2. The fourth-order valence-electron chi connectivity index (χ4n) is 3.65. The fraction of sp³-hybridized carbons (Fsp3) is 0.304. The first-order chi connectivity index (χ1) is 15.5. The molecular formula is C23H24F2N4O3. The van der Waals surface area contributed by atoms with Crippen molar-refractivity contribution in [2.24, 2.45) is 0 Å². The molecule has 0 spiro atoms. The molecule has 2 aromatic carbocycles. The highest BCUT2D eigenvalue weighted by atomic mass is 19.3. The molecule has 2 N–H and O–H groups in total. The van der Waals surface area contributed by atoms with Crippen molar-refractivity contribution in [1.29, 1.82) is 0 Å². The second-order valence-electron chi connectivity index (χ2n) is 7.28. The Balaban J connectivity index is 1.50. The first-order valence-electron chi connectivity index (χ1n) is 10.4. The molecule has 1 amide bonds. The lowest BCUT2D eigenvalue weighted by molar-refractivity contribution is -0.0498. The van der Waals surface area contributed by atoms with Crippen LogP contribution in [0.1, 0.15) is 29.1 Å². The predicted octanol–water partition coefficient (Wildman–Crippen LogP) is 4.01. The van der Waals surface area contributed by atoms with E-state index in [-0.39, 0.29) is 17.8 Å². The molecule has 0 aliphatic carbocycles. The summed E-state index contributed by atoms with van der Waals surface area (Å²) >= 11 is 0. The molecule has 1 saturated heterocycles. The molecule has 0 bridgehead atoms. The highest BCUT2D eigenvalue weighted by molar-refractivity contribution is 6.05. The molecule has 32 heavy (non-hydrogen) atoms. The van der Waals surface area contributed by atoms with Gasteiger partial charge < -0.3 is 19.7 Å². The number of hydrogen-bond acceptors (Lipinski definition) is 5. The molecule has 168 valence electrons. The Morgan fingerprint density at radius 3 is 2.75 bits per heavy atom. The van der Waals surface area contributed by atoms with Gasteiger partial charge in [0, 0.05) is 30.9 Å². The summed E-state index contributed by atoms with van der Waals surface area (Å²) in [6.45, 7) is 1.73. The number of amides is 1. The highest BCUT2D eigenvalue weighted by Crippen LogP contribution is 2.26. The van der Waals surface area contributed by atoms with E-state index < -0.39 is 6.61 Å². The van der Waals surface area contributed by atoms with Crippen molar-refractivity contribution in [3.63, 3.8) is 0 Å². The average molecular weight is 442 g/mol. The number of morpholine rings is 1. The maximum Gasteiger partial charge on any atom is 0.387 e. The molecule has 7 nitrogen and oxygen atoms in total. The second kappa shape index (κ2) is 9.88. The monoisotopic (exact) mass is 442 g/mol. The van der Waals surface area contributed by atoms with Crippen LogP contribution in [0.25, 0.3) is 11.3 Å². The van der Waals surface area contributed by atoms with Crippen LogP contribution in [-0.4, -0.2) is 49.0 Å². The van der Waals surface area contributed by atoms with Crippen molar-refractivity contribution in [3.8, 4) is 17.0 Å². The van der Waals surface area contributed by atoms with Crippen LogP contribution in [0, 0.1) is 0 Å². The third kappa shape index (κ3) is 4.95. The van der Waals surface area contributed by atoms with E-state index in [4.69, 9.17) is 4.74 Å². The van der Waals surface area contributed by atoms with Crippen molar-refractivity contribution in [3.05, 3.63) is 65.9 Å². The van der Waals surface area contributed by atoms with Gasteiger partial charge in [-0.2, -0.15) is 13.9 Å². The predicted molar refractivity (Wildman–Crippen MR) is 116 cm³/mol. The standard InChI is InChI=1S/C23H24F2N4O3/c1-2-29(17-8-6-15(7-9-17)21-14-26-10-11-31-21)22(30)20-13-19(27-28-20)16-4-3-5-18(12-16)32-23(24)25/h3-9,12-13,21,23,26H,2,10-11,14H2,1H3,(H,27,28)/t21-/m1/s1. The smallest absolute Gasteiger partial charge is 0.387 e. The molecule has 1 atom stereocenters. The van der Waals surface area contributed by atoms with E-state index >= 15 is 0 Å². The van der Waals surface area contributed by atoms with Crippen molar-refractivity contribution >= 4 is 11.6 Å². The number of carbonyl (C=O) groups excluding carboxylic acids is 1. The molecule has 1 aliphatic rings. The Morgan fingerprint density at radius 1 is 1.25 bits per heavy atom. The number of H-pyrrole nitrogens is 1. The van der Waals surface area contributed by atoms with E-state index in [1.165, 1.54) is 12.1 Å². The molecule has 0 saturated carbocycles. The first kappa shape index (κ1) is 21.9. The van der Waals surface area contributed by atoms with Gasteiger partial charge in [-0.1, -0.05) is 24.3 Å². The number of aromatic amines is 1. The number of halogens is 2. The number of nitrogens with one attached hydrogen (secondary N) is 2. The number of ether oxygens (including phenoxy) is 2. The number of carbonyl (C=O) groups is 1. The molecular weight excluding hydrogens is 418 g/mol. The summed E-state index contributed by atoms with van der Waals surface area (Å²) in [6.07, 6.45) is 0.00329. The molecule has 0 unspecified atom stereocenters. The summed E-state index contributed by atoms with van der Waals surface area (Å²) in [4.78, 5) is 14.8. The van der Waals surface area contributed by atoms with E-state index in [1.54, 1.807) is 23.1 Å². The van der Waals surface area contributed by atoms with Gasteiger partial charge in [-0.25, -0.2) is 0 Å². The Kier molecular flexibility index (Phi) is 6.77. The minimum atomic E-state index is -2.91. The Hall–Kier alpha value is -3.30. The normalized spacial score (nSPS) is 16.2. The first-order valence-corrected chi connectivity index (χ1v) is 10.4. The maximum atomic E-state index is 13.1. The number of alkyl halides is 2. The zero-order valence-electron chi connectivity index (χ0n) is 17.6. The summed E-state index contributed by atoms with van der Waals surface area (Å²) in [5.41, 5.74) is 3.13. The molecule has 9 heteroatoms. The lowest BCUT2D eigenvalue weighted by Crippen LogP contribution is -2.33. The van der Waals surface area contributed by atoms with Gasteiger partial charge in [0.25, 0.3) is 5.91 Å². The largest absolute Gasteiger partial charge is 0.435 e. The quantitative estimate of drug-likeness (QED) is 0.578. The van der Waals surface area contributed by atoms with Crippen molar-refractivity contribution in [1.82, 2.24) is 15.5 Å². The number of nitrogens with zero attached hydrogens (tertiary/aromatic N) is 2. The highest BCUT2D eigenvalue weighted by Gasteiger charge is 2.21. The Morgan fingerprint density at radius 2 is 2.06 bits per heavy atom. The van der Waals surface area contributed by atoms with Crippen LogP contribution < -0.4 is 15.0 Å². The van der Waals surface area contributed by atoms with Crippen molar-refractivity contribution in [2.45, 2.75) is 19.6 Å². The van der Waals surface area contributed by atoms with Gasteiger partial charge in [0.05, 0.1) is 18.4 Å². The fourth-order valence-corrected chi connectivity index (χ4v) is 3.65. The van der Waals surface area contributed by atoms with E-state index in [1.807, 2.05) is 31.2 Å². The molecule has 1 aromatic heterocycles. The molecule has 4 rings (SSSR count). The van der Waals surface area contributed by atoms with Crippen LogP contribution in [0.3, 0.4) is 0 Å². The van der Waals surface area contributed by atoms with E-state index in [0.29, 0.717) is 30.1 Å². The molecule has 1 aliphatic heterocycles. The Bertz CT molecular complexity index is 1050. The van der Waals surface area contributed by atoms with Gasteiger partial charge in [0.15, 0.2) is 0 Å². The Labute approximate surface area is 184 Å². The molecule has 3 aromatic rings. The zero-order chi connectivity index (χ0) is 22.5. The number of benzene rings is 2. The minimum Gasteiger partial charge on any atom is -0.435 e. The van der Waals surface area contributed by atoms with Gasteiger partial charge >= 0.3 is 6.61 Å². The molecule has 2 heterocycles. The van der Waals surface area contributed by atoms with Gasteiger partial charge in [0.2, 0.25) is 0 Å². The second-order valence-corrected chi connectivity index (χ2v) is 7.28. The molecule has 1 fully saturated rings. The molecule has 0 radical (unpaired) electrons. The lowest BCUT2D eigenvalue weighted by atomic mass is 10.1. The van der Waals surface area contributed by atoms with Crippen LogP contribution in [-0.2, 0) is 4.74 Å². The van der Waals surface area contributed by atoms with Crippen LogP contribution in [0.4, 0.5) is 14.5 Å². The lowest BCUT2D eigenvalue weighted by Gasteiger charge is -2.25. The van der Waals surface area contributed by atoms with E-state index in [2.05, 4.69) is 20.3 Å². The maximum absolute atomic E-state index is 13.1. The summed E-state index contributed by atoms with van der Waals surface area (Å²) in [5, 5.41) is 10.2. The van der Waals surface area contributed by atoms with Gasteiger partial charge in [-0.15, -0.1) is 0 Å². The van der Waals surface area contributed by atoms with Crippen LogP contribution >= 0.6 is 0 Å². The zero-order valence-corrected chi connectivity index (χ0v) is 17.6. The van der Waals surface area contributed by atoms with Crippen LogP contribution in [0.15, 0.2) is 54.6 Å². The van der Waals surface area contributed by atoms with Crippen molar-refractivity contribution in [2.75, 3.05) is 31.1 Å². The summed E-state index contributed by atoms with van der Waals surface area (Å²) in [6, 6.07) is 15.5. The SMILES string of the molecule is CCN(C(=O)c1cc(-c2cccc(OC(F)F)c2)n[nH]1)c1ccc([C@H]2CNCCO2)cc1. The average Bonchev–Trinajstić information content (AvgIpc) is 3.31. The van der Waals surface area contributed by atoms with Crippen molar-refractivity contribution < 1.29 is 23.0 Å². The summed E-state index contributed by atoms with van der Waals surface area (Å²) < 4.78 is 35.2. The third-order valence-electron chi connectivity index (χ3n) is 5.23. The minimum absolute atomic E-state index is 0.00329.